The minimum absolute atomic E-state index is 0.00733. The van der Waals surface area contributed by atoms with E-state index in [9.17, 15) is 4.79 Å². The molecule has 0 aliphatic rings. The molecule has 0 amide bonds. The van der Waals surface area contributed by atoms with Crippen LogP contribution in [0.3, 0.4) is 0 Å². The first-order valence-corrected chi connectivity index (χ1v) is 8.51. The van der Waals surface area contributed by atoms with E-state index in [1.165, 1.54) is 5.56 Å². The highest BCUT2D eigenvalue weighted by Crippen LogP contribution is 2.19. The summed E-state index contributed by atoms with van der Waals surface area (Å²) >= 11 is 0. The van der Waals surface area contributed by atoms with Gasteiger partial charge in [-0.15, -0.1) is 0 Å². The van der Waals surface area contributed by atoms with Crippen molar-refractivity contribution in [1.29, 1.82) is 0 Å². The number of Topliss-reactive ketones (excluding diaryl/α,β-unsaturated/α-hetero) is 1. The molecule has 1 unspecified atom stereocenters. The zero-order valence-corrected chi connectivity index (χ0v) is 14.7. The molecular formula is C21H26O3. The summed E-state index contributed by atoms with van der Waals surface area (Å²) in [7, 11) is 0. The zero-order valence-electron chi connectivity index (χ0n) is 14.7. The van der Waals surface area contributed by atoms with Crippen molar-refractivity contribution >= 4 is 5.78 Å². The molecule has 0 saturated heterocycles. The smallest absolute Gasteiger partial charge is 0.163 e. The average molecular weight is 326 g/mol. The Bertz CT molecular complexity index is 646. The molecule has 0 spiro atoms. The first-order chi connectivity index (χ1) is 11.6. The van der Waals surface area contributed by atoms with Crippen LogP contribution in [-0.4, -0.2) is 19.0 Å². The van der Waals surface area contributed by atoms with Crippen molar-refractivity contribution in [1.82, 2.24) is 0 Å². The molecule has 0 aromatic heterocycles. The lowest BCUT2D eigenvalue weighted by atomic mass is 9.98. The Morgan fingerprint density at radius 2 is 1.75 bits per heavy atom. The summed E-state index contributed by atoms with van der Waals surface area (Å²) in [5, 5.41) is 0. The Morgan fingerprint density at radius 1 is 1.04 bits per heavy atom. The van der Waals surface area contributed by atoms with E-state index in [2.05, 4.69) is 38.1 Å². The molecule has 0 aliphatic carbocycles. The number of hydrogen-bond acceptors (Lipinski definition) is 3. The van der Waals surface area contributed by atoms with E-state index >= 15 is 0 Å². The second kappa shape index (κ2) is 9.24. The maximum atomic E-state index is 11.5. The third kappa shape index (κ3) is 5.20. The number of carbonyl (C=O) groups excluding carboxylic acids is 1. The molecule has 128 valence electrons. The van der Waals surface area contributed by atoms with E-state index < -0.39 is 0 Å². The molecule has 0 N–H and O–H groups in total. The lowest BCUT2D eigenvalue weighted by Gasteiger charge is -2.11. The van der Waals surface area contributed by atoms with Crippen molar-refractivity contribution in [2.75, 3.05) is 13.2 Å². The summed E-state index contributed by atoms with van der Waals surface area (Å²) in [4.78, 5) is 11.5. The standard InChI is InChI=1S/C21H26O3/c1-4-16(2)19-11-9-18(10-12-19)15-23-13-14-24-21-8-6-5-7-20(21)17(3)22/h5-12,16H,4,13-15H2,1-3H3. The fourth-order valence-electron chi connectivity index (χ4n) is 2.46. The number of para-hydroxylation sites is 1. The number of carbonyl (C=O) groups is 1. The van der Waals surface area contributed by atoms with Gasteiger partial charge in [-0.05, 0) is 42.5 Å². The van der Waals surface area contributed by atoms with Gasteiger partial charge in [0, 0.05) is 0 Å². The largest absolute Gasteiger partial charge is 0.490 e. The molecule has 0 heterocycles. The first kappa shape index (κ1) is 18.2. The van der Waals surface area contributed by atoms with Gasteiger partial charge in [-0.1, -0.05) is 50.2 Å². The summed E-state index contributed by atoms with van der Waals surface area (Å²) in [5.41, 5.74) is 3.13. The lowest BCUT2D eigenvalue weighted by Crippen LogP contribution is -2.09. The van der Waals surface area contributed by atoms with Gasteiger partial charge in [-0.2, -0.15) is 0 Å². The van der Waals surface area contributed by atoms with Gasteiger partial charge in [-0.25, -0.2) is 0 Å². The Balaban J connectivity index is 1.75. The molecule has 3 nitrogen and oxygen atoms in total. The predicted molar refractivity (Wildman–Crippen MR) is 96.7 cm³/mol. The van der Waals surface area contributed by atoms with Crippen molar-refractivity contribution < 1.29 is 14.3 Å². The van der Waals surface area contributed by atoms with Crippen molar-refractivity contribution in [3.05, 3.63) is 65.2 Å². The van der Waals surface area contributed by atoms with Gasteiger partial charge < -0.3 is 9.47 Å². The molecule has 3 heteroatoms. The van der Waals surface area contributed by atoms with Crippen LogP contribution in [0.5, 0.6) is 5.75 Å². The Morgan fingerprint density at radius 3 is 2.42 bits per heavy atom. The van der Waals surface area contributed by atoms with Crippen molar-refractivity contribution in [2.24, 2.45) is 0 Å². The van der Waals surface area contributed by atoms with Gasteiger partial charge in [0.15, 0.2) is 5.78 Å². The van der Waals surface area contributed by atoms with E-state index in [1.807, 2.05) is 18.2 Å². The van der Waals surface area contributed by atoms with Crippen LogP contribution < -0.4 is 4.74 Å². The summed E-state index contributed by atoms with van der Waals surface area (Å²) in [5.74, 6) is 1.22. The molecular weight excluding hydrogens is 300 g/mol. The van der Waals surface area contributed by atoms with E-state index in [-0.39, 0.29) is 5.78 Å². The van der Waals surface area contributed by atoms with Gasteiger partial charge in [0.2, 0.25) is 0 Å². The zero-order chi connectivity index (χ0) is 17.4. The van der Waals surface area contributed by atoms with Gasteiger partial charge in [0.05, 0.1) is 18.8 Å². The molecule has 1 atom stereocenters. The monoisotopic (exact) mass is 326 g/mol. The van der Waals surface area contributed by atoms with Crippen molar-refractivity contribution in [3.8, 4) is 5.75 Å². The third-order valence-corrected chi connectivity index (χ3v) is 4.18. The summed E-state index contributed by atoms with van der Waals surface area (Å²) in [6.07, 6.45) is 1.15. The predicted octanol–water partition coefficient (Wildman–Crippen LogP) is 5.00. The van der Waals surface area contributed by atoms with Crippen LogP contribution >= 0.6 is 0 Å². The van der Waals surface area contributed by atoms with E-state index in [1.54, 1.807) is 13.0 Å². The van der Waals surface area contributed by atoms with Crippen molar-refractivity contribution in [3.63, 3.8) is 0 Å². The normalized spacial score (nSPS) is 12.0. The lowest BCUT2D eigenvalue weighted by molar-refractivity contribution is 0.0875. The Kier molecular flexibility index (Phi) is 7.01. The quantitative estimate of drug-likeness (QED) is 0.480. The molecule has 2 aromatic carbocycles. The van der Waals surface area contributed by atoms with Crippen LogP contribution in [0, 0.1) is 0 Å². The van der Waals surface area contributed by atoms with Gasteiger partial charge >= 0.3 is 0 Å². The van der Waals surface area contributed by atoms with Crippen LogP contribution in [-0.2, 0) is 11.3 Å². The highest BCUT2D eigenvalue weighted by atomic mass is 16.5. The fraction of sp³-hybridized carbons (Fsp3) is 0.381. The summed E-state index contributed by atoms with van der Waals surface area (Å²) in [6.45, 7) is 7.46. The molecule has 24 heavy (non-hydrogen) atoms. The van der Waals surface area contributed by atoms with Crippen LogP contribution in [0.2, 0.25) is 0 Å². The first-order valence-electron chi connectivity index (χ1n) is 8.51. The van der Waals surface area contributed by atoms with Gasteiger partial charge in [-0.3, -0.25) is 4.79 Å². The van der Waals surface area contributed by atoms with Gasteiger partial charge in [0.1, 0.15) is 12.4 Å². The molecule has 2 aromatic rings. The van der Waals surface area contributed by atoms with Crippen LogP contribution in [0.4, 0.5) is 0 Å². The minimum atomic E-state index is 0.00733. The second-order valence-electron chi connectivity index (χ2n) is 6.00. The molecule has 2 rings (SSSR count). The number of benzene rings is 2. The third-order valence-electron chi connectivity index (χ3n) is 4.18. The van der Waals surface area contributed by atoms with E-state index in [0.29, 0.717) is 37.1 Å². The highest BCUT2D eigenvalue weighted by molar-refractivity contribution is 5.96. The Hall–Kier alpha value is -2.13. The molecule has 0 radical (unpaired) electrons. The van der Waals surface area contributed by atoms with Crippen LogP contribution in [0.15, 0.2) is 48.5 Å². The molecule has 0 aliphatic heterocycles. The maximum absolute atomic E-state index is 11.5. The van der Waals surface area contributed by atoms with Crippen LogP contribution in [0.25, 0.3) is 0 Å². The minimum Gasteiger partial charge on any atom is -0.490 e. The SMILES string of the molecule is CCC(C)c1ccc(COCCOc2ccccc2C(C)=O)cc1. The summed E-state index contributed by atoms with van der Waals surface area (Å²) < 4.78 is 11.3. The second-order valence-corrected chi connectivity index (χ2v) is 6.00. The highest BCUT2D eigenvalue weighted by Gasteiger charge is 2.07. The molecule has 0 fully saturated rings. The Labute approximate surface area is 144 Å². The average Bonchev–Trinajstić information content (AvgIpc) is 2.61. The number of ether oxygens (including phenoxy) is 2. The maximum Gasteiger partial charge on any atom is 0.163 e. The topological polar surface area (TPSA) is 35.5 Å². The van der Waals surface area contributed by atoms with Crippen LogP contribution in [0.1, 0.15) is 54.6 Å². The summed E-state index contributed by atoms with van der Waals surface area (Å²) in [6, 6.07) is 15.9. The van der Waals surface area contributed by atoms with Crippen molar-refractivity contribution in [2.45, 2.75) is 39.7 Å². The molecule has 0 saturated carbocycles. The molecule has 0 bridgehead atoms. The number of hydrogen-bond donors (Lipinski definition) is 0. The van der Waals surface area contributed by atoms with E-state index in [0.717, 1.165) is 12.0 Å². The van der Waals surface area contributed by atoms with Gasteiger partial charge in [0.25, 0.3) is 0 Å². The fourth-order valence-corrected chi connectivity index (χ4v) is 2.46. The number of ketones is 1. The number of rotatable bonds is 9. The van der Waals surface area contributed by atoms with E-state index in [4.69, 9.17) is 9.47 Å².